The molecule has 0 amide bonds. The number of halogens is 7. The van der Waals surface area contributed by atoms with Crippen LogP contribution >= 0.6 is 11.6 Å². The highest BCUT2D eigenvalue weighted by molar-refractivity contribution is 6.32. The molecule has 0 N–H and O–H groups in total. The molecule has 1 heterocycles. The van der Waals surface area contributed by atoms with Crippen LogP contribution in [0.25, 0.3) is 5.69 Å². The molecule has 0 unspecified atom stereocenters. The van der Waals surface area contributed by atoms with Crippen molar-refractivity contribution in [3.63, 3.8) is 0 Å². The van der Waals surface area contributed by atoms with E-state index in [9.17, 15) is 31.1 Å². The first-order valence-electron chi connectivity index (χ1n) is 6.60. The number of rotatable bonds is 4. The first-order chi connectivity index (χ1) is 11.9. The fraction of sp³-hybridized carbons (Fsp3) is 0.286. The van der Waals surface area contributed by atoms with Gasteiger partial charge in [0, 0.05) is 12.1 Å². The fourth-order valence-corrected chi connectivity index (χ4v) is 2.20. The van der Waals surface area contributed by atoms with E-state index < -0.39 is 40.9 Å². The summed E-state index contributed by atoms with van der Waals surface area (Å²) in [4.78, 5) is 15.1. The van der Waals surface area contributed by atoms with Gasteiger partial charge in [-0.3, -0.25) is 4.79 Å². The van der Waals surface area contributed by atoms with Crippen LogP contribution < -0.4 is 15.0 Å². The van der Waals surface area contributed by atoms with Crippen molar-refractivity contribution in [2.24, 2.45) is 0 Å². The van der Waals surface area contributed by atoms with Crippen LogP contribution in [0.2, 0.25) is 5.02 Å². The molecule has 1 aromatic carbocycles. The Morgan fingerprint density at radius 3 is 2.19 bits per heavy atom. The number of hydrogen-bond acceptors (Lipinski definition) is 4. The highest BCUT2D eigenvalue weighted by Crippen LogP contribution is 2.43. The second-order valence-electron chi connectivity index (χ2n) is 4.81. The molecular weight excluding hydrogens is 394 g/mol. The molecule has 0 radical (unpaired) electrons. The molecule has 0 atom stereocenters. The minimum Gasteiger partial charge on any atom is -0.495 e. The average Bonchev–Trinajstić information content (AvgIpc) is 2.53. The Hall–Kier alpha value is -2.43. The largest absolute Gasteiger partial charge is 0.495 e. The number of hydrogen-bond donors (Lipinski definition) is 0. The second kappa shape index (κ2) is 6.71. The number of methoxy groups -OCH3 is 2. The van der Waals surface area contributed by atoms with Gasteiger partial charge in [-0.2, -0.15) is 26.9 Å². The fourth-order valence-electron chi connectivity index (χ4n) is 1.97. The van der Waals surface area contributed by atoms with Crippen LogP contribution in [0, 0.1) is 5.82 Å². The summed E-state index contributed by atoms with van der Waals surface area (Å²) in [6.45, 7) is 0. The number of nitrogens with zero attached hydrogens (tertiary/aromatic N) is 2. The maximum absolute atomic E-state index is 14.2. The summed E-state index contributed by atoms with van der Waals surface area (Å²) < 4.78 is 88.3. The van der Waals surface area contributed by atoms with Crippen molar-refractivity contribution in [1.29, 1.82) is 0 Å². The summed E-state index contributed by atoms with van der Waals surface area (Å²) in [5, 5.41) is -0.158. The smallest absolute Gasteiger partial charge is 0.459 e. The van der Waals surface area contributed by atoms with Crippen molar-refractivity contribution >= 4 is 11.6 Å². The van der Waals surface area contributed by atoms with Crippen LogP contribution in [0.3, 0.4) is 0 Å². The molecule has 0 aliphatic heterocycles. The van der Waals surface area contributed by atoms with Gasteiger partial charge in [-0.05, 0) is 6.07 Å². The Kier molecular flexibility index (Phi) is 5.13. The zero-order chi connectivity index (χ0) is 19.9. The Morgan fingerprint density at radius 2 is 1.69 bits per heavy atom. The third kappa shape index (κ3) is 3.30. The Balaban J connectivity index is 2.76. The number of alkyl halides is 5. The maximum Gasteiger partial charge on any atom is 0.459 e. The Bertz CT molecular complexity index is 897. The van der Waals surface area contributed by atoms with Gasteiger partial charge in [-0.25, -0.2) is 8.96 Å². The summed E-state index contributed by atoms with van der Waals surface area (Å²) in [7, 11) is 2.05. The number of benzene rings is 1. The molecular formula is C14H9ClF6N2O3. The van der Waals surface area contributed by atoms with Crippen LogP contribution in [0.5, 0.6) is 11.8 Å². The predicted molar refractivity (Wildman–Crippen MR) is 77.9 cm³/mol. The molecule has 5 nitrogen and oxygen atoms in total. The number of aromatic nitrogens is 2. The maximum atomic E-state index is 14.2. The van der Waals surface area contributed by atoms with Gasteiger partial charge < -0.3 is 9.47 Å². The van der Waals surface area contributed by atoms with Crippen LogP contribution in [-0.4, -0.2) is 29.9 Å². The van der Waals surface area contributed by atoms with Crippen molar-refractivity contribution in [2.45, 2.75) is 12.1 Å². The lowest BCUT2D eigenvalue weighted by Gasteiger charge is -2.20. The van der Waals surface area contributed by atoms with E-state index in [2.05, 4.69) is 9.72 Å². The third-order valence-corrected chi connectivity index (χ3v) is 3.51. The highest BCUT2D eigenvalue weighted by atomic mass is 35.5. The van der Waals surface area contributed by atoms with Crippen LogP contribution in [0.15, 0.2) is 23.0 Å². The van der Waals surface area contributed by atoms with E-state index in [0.717, 1.165) is 19.2 Å². The molecule has 142 valence electrons. The van der Waals surface area contributed by atoms with Gasteiger partial charge in [0.05, 0.1) is 24.9 Å². The minimum absolute atomic E-state index is 0.0590. The molecule has 2 aromatic rings. The Labute approximate surface area is 146 Å². The van der Waals surface area contributed by atoms with E-state index in [0.29, 0.717) is 4.57 Å². The van der Waals surface area contributed by atoms with E-state index in [1.807, 2.05) is 0 Å². The lowest BCUT2D eigenvalue weighted by Crippen LogP contribution is -2.36. The lowest BCUT2D eigenvalue weighted by atomic mass is 10.2. The van der Waals surface area contributed by atoms with Gasteiger partial charge in [0.25, 0.3) is 5.56 Å². The van der Waals surface area contributed by atoms with Gasteiger partial charge in [0.15, 0.2) is 0 Å². The van der Waals surface area contributed by atoms with Gasteiger partial charge in [0.2, 0.25) is 0 Å². The summed E-state index contributed by atoms with van der Waals surface area (Å²) in [6.07, 6.45) is -5.99. The zero-order valence-corrected chi connectivity index (χ0v) is 13.8. The summed E-state index contributed by atoms with van der Waals surface area (Å²) >= 11 is 5.71. The van der Waals surface area contributed by atoms with Crippen molar-refractivity contribution < 1.29 is 35.8 Å². The molecule has 0 aliphatic rings. The predicted octanol–water partition coefficient (Wildman–Crippen LogP) is 3.70. The van der Waals surface area contributed by atoms with E-state index in [1.165, 1.54) is 7.11 Å². The van der Waals surface area contributed by atoms with Gasteiger partial charge in [-0.1, -0.05) is 11.6 Å². The van der Waals surface area contributed by atoms with Gasteiger partial charge >= 0.3 is 18.1 Å². The molecule has 0 aliphatic carbocycles. The standard InChI is InChI=1S/C14H9ClF6N2O3/c1-25-9-4-8(7(16)3-6(9)15)23-11(24)5-10(22-12(23)26-2)13(17,18)14(19,20)21/h3-5H,1-2H3. The number of ether oxygens (including phenoxy) is 2. The van der Waals surface area contributed by atoms with Crippen LogP contribution in [0.4, 0.5) is 26.3 Å². The second-order valence-corrected chi connectivity index (χ2v) is 5.22. The van der Waals surface area contributed by atoms with Gasteiger partial charge in [-0.15, -0.1) is 0 Å². The zero-order valence-electron chi connectivity index (χ0n) is 13.0. The molecule has 12 heteroatoms. The molecule has 26 heavy (non-hydrogen) atoms. The minimum atomic E-state index is -5.99. The molecule has 0 bridgehead atoms. The SMILES string of the molecule is COc1cc(-n2c(OC)nc(C(F)(F)C(F)(F)F)cc2=O)c(F)cc1Cl. The monoisotopic (exact) mass is 402 g/mol. The van der Waals surface area contributed by atoms with Crippen molar-refractivity contribution in [3.8, 4) is 17.4 Å². The molecule has 0 saturated carbocycles. The van der Waals surface area contributed by atoms with Crippen molar-refractivity contribution in [3.05, 3.63) is 45.1 Å². The quantitative estimate of drug-likeness (QED) is 0.732. The first-order valence-corrected chi connectivity index (χ1v) is 6.98. The summed E-state index contributed by atoms with van der Waals surface area (Å²) in [5.74, 6) is -6.58. The summed E-state index contributed by atoms with van der Waals surface area (Å²) in [6, 6.07) is 0.654. The van der Waals surface area contributed by atoms with Crippen molar-refractivity contribution in [1.82, 2.24) is 9.55 Å². The molecule has 2 rings (SSSR count). The molecule has 0 saturated heterocycles. The van der Waals surface area contributed by atoms with E-state index in [4.69, 9.17) is 16.3 Å². The lowest BCUT2D eigenvalue weighted by molar-refractivity contribution is -0.291. The first kappa shape index (κ1) is 19.9. The molecule has 0 fully saturated rings. The van der Waals surface area contributed by atoms with E-state index in [-0.39, 0.29) is 16.8 Å². The molecule has 0 spiro atoms. The van der Waals surface area contributed by atoms with E-state index >= 15 is 0 Å². The van der Waals surface area contributed by atoms with E-state index in [1.54, 1.807) is 0 Å². The van der Waals surface area contributed by atoms with Crippen LogP contribution in [0.1, 0.15) is 5.69 Å². The van der Waals surface area contributed by atoms with Crippen molar-refractivity contribution in [2.75, 3.05) is 14.2 Å². The molecule has 1 aromatic heterocycles. The average molecular weight is 403 g/mol. The highest BCUT2D eigenvalue weighted by Gasteiger charge is 2.60. The summed E-state index contributed by atoms with van der Waals surface area (Å²) in [5.41, 5.74) is -3.88. The topological polar surface area (TPSA) is 53.4 Å². The van der Waals surface area contributed by atoms with Gasteiger partial charge in [0.1, 0.15) is 17.3 Å². The normalized spacial score (nSPS) is 12.2. The van der Waals surface area contributed by atoms with Crippen LogP contribution in [-0.2, 0) is 5.92 Å². The Morgan fingerprint density at radius 1 is 1.08 bits per heavy atom. The third-order valence-electron chi connectivity index (χ3n) is 3.21.